The van der Waals surface area contributed by atoms with Crippen molar-refractivity contribution in [2.24, 2.45) is 5.92 Å². The van der Waals surface area contributed by atoms with Gasteiger partial charge < -0.3 is 10.6 Å². The molecular weight excluding hydrogens is 341 g/mol. The first-order chi connectivity index (χ1) is 8.49. The zero-order valence-corrected chi connectivity index (χ0v) is 12.6. The second kappa shape index (κ2) is 6.63. The highest BCUT2D eigenvalue weighted by Crippen LogP contribution is 2.24. The number of benzene rings is 1. The molecule has 1 fully saturated rings. The number of carbonyl (C=O) groups excluding carboxylic acids is 1. The second-order valence-electron chi connectivity index (χ2n) is 4.38. The summed E-state index contributed by atoms with van der Waals surface area (Å²) in [5.41, 5.74) is 0.255. The summed E-state index contributed by atoms with van der Waals surface area (Å²) in [5.74, 6) is -2.26. The van der Waals surface area contributed by atoms with Crippen LogP contribution in [-0.4, -0.2) is 18.5 Å². The molecule has 19 heavy (non-hydrogen) atoms. The van der Waals surface area contributed by atoms with E-state index in [1.165, 1.54) is 6.07 Å². The molecule has 1 saturated heterocycles. The molecule has 0 aliphatic carbocycles. The van der Waals surface area contributed by atoms with Crippen LogP contribution in [0.25, 0.3) is 0 Å². The van der Waals surface area contributed by atoms with Crippen molar-refractivity contribution in [3.8, 4) is 0 Å². The summed E-state index contributed by atoms with van der Waals surface area (Å²) in [5, 5.41) is 5.77. The zero-order chi connectivity index (χ0) is 13.3. The van der Waals surface area contributed by atoms with Crippen LogP contribution in [0.2, 0.25) is 0 Å². The predicted octanol–water partition coefficient (Wildman–Crippen LogP) is 3.09. The van der Waals surface area contributed by atoms with Gasteiger partial charge in [0.1, 0.15) is 0 Å². The highest BCUT2D eigenvalue weighted by atomic mass is 79.9. The van der Waals surface area contributed by atoms with Gasteiger partial charge in [-0.3, -0.25) is 4.79 Å². The van der Waals surface area contributed by atoms with E-state index in [1.807, 2.05) is 6.92 Å². The number of carbonyl (C=O) groups is 1. The maximum atomic E-state index is 13.2. The van der Waals surface area contributed by atoms with Gasteiger partial charge in [-0.05, 0) is 41.9 Å². The Labute approximate surface area is 124 Å². The molecule has 1 amide bonds. The maximum Gasteiger partial charge on any atom is 0.229 e. The van der Waals surface area contributed by atoms with Crippen LogP contribution in [0.4, 0.5) is 14.5 Å². The van der Waals surface area contributed by atoms with Crippen LogP contribution in [0.15, 0.2) is 16.6 Å². The van der Waals surface area contributed by atoms with Crippen molar-refractivity contribution in [1.82, 2.24) is 5.32 Å². The number of halogens is 4. The van der Waals surface area contributed by atoms with Crippen LogP contribution < -0.4 is 10.6 Å². The first kappa shape index (κ1) is 16.3. The van der Waals surface area contributed by atoms with E-state index in [9.17, 15) is 13.6 Å². The second-order valence-corrected chi connectivity index (χ2v) is 5.24. The minimum atomic E-state index is -0.989. The average Bonchev–Trinajstić information content (AvgIpc) is 2.72. The Kier molecular flexibility index (Phi) is 5.70. The van der Waals surface area contributed by atoms with Gasteiger partial charge in [0.15, 0.2) is 11.6 Å². The lowest BCUT2D eigenvalue weighted by atomic mass is 10.0. The monoisotopic (exact) mass is 354 g/mol. The molecule has 2 atom stereocenters. The molecule has 1 aromatic rings. The van der Waals surface area contributed by atoms with Gasteiger partial charge in [0.25, 0.3) is 0 Å². The van der Waals surface area contributed by atoms with Gasteiger partial charge in [-0.25, -0.2) is 8.78 Å². The summed E-state index contributed by atoms with van der Waals surface area (Å²) in [6.45, 7) is 2.72. The summed E-state index contributed by atoms with van der Waals surface area (Å²) in [6, 6.07) is 2.42. The van der Waals surface area contributed by atoms with Gasteiger partial charge in [0.2, 0.25) is 5.91 Å². The summed E-state index contributed by atoms with van der Waals surface area (Å²) in [7, 11) is 0. The normalized spacial score (nSPS) is 21.9. The van der Waals surface area contributed by atoms with Crippen LogP contribution in [0.3, 0.4) is 0 Å². The maximum absolute atomic E-state index is 13.2. The van der Waals surface area contributed by atoms with Crippen LogP contribution in [0.1, 0.15) is 13.3 Å². The first-order valence-electron chi connectivity index (χ1n) is 5.68. The Balaban J connectivity index is 0.00000180. The molecule has 0 bridgehead atoms. The van der Waals surface area contributed by atoms with Crippen molar-refractivity contribution < 1.29 is 13.6 Å². The van der Waals surface area contributed by atoms with Crippen LogP contribution in [0, 0.1) is 17.6 Å². The predicted molar refractivity (Wildman–Crippen MR) is 75.5 cm³/mol. The van der Waals surface area contributed by atoms with Gasteiger partial charge in [0, 0.05) is 17.8 Å². The van der Waals surface area contributed by atoms with E-state index < -0.39 is 11.6 Å². The lowest BCUT2D eigenvalue weighted by Gasteiger charge is -2.15. The summed E-state index contributed by atoms with van der Waals surface area (Å²) in [4.78, 5) is 12.0. The Bertz CT molecular complexity index is 464. The fourth-order valence-electron chi connectivity index (χ4n) is 2.08. The molecule has 0 aromatic heterocycles. The van der Waals surface area contributed by atoms with E-state index in [4.69, 9.17) is 0 Å². The average molecular weight is 356 g/mol. The van der Waals surface area contributed by atoms with Gasteiger partial charge in [0.05, 0.1) is 10.4 Å². The lowest BCUT2D eigenvalue weighted by molar-refractivity contribution is -0.120. The highest BCUT2D eigenvalue weighted by molar-refractivity contribution is 9.10. The minimum Gasteiger partial charge on any atom is -0.326 e. The number of hydrogen-bond acceptors (Lipinski definition) is 2. The van der Waals surface area contributed by atoms with Crippen LogP contribution in [0.5, 0.6) is 0 Å². The zero-order valence-electron chi connectivity index (χ0n) is 10.2. The molecule has 1 aliphatic rings. The summed E-state index contributed by atoms with van der Waals surface area (Å²) >= 11 is 2.90. The third-order valence-corrected chi connectivity index (χ3v) is 3.69. The van der Waals surface area contributed by atoms with Crippen molar-refractivity contribution in [3.63, 3.8) is 0 Å². The van der Waals surface area contributed by atoms with E-state index in [1.54, 1.807) is 0 Å². The van der Waals surface area contributed by atoms with E-state index >= 15 is 0 Å². The summed E-state index contributed by atoms with van der Waals surface area (Å²) < 4.78 is 26.2. The molecule has 2 unspecified atom stereocenters. The number of anilines is 1. The van der Waals surface area contributed by atoms with Gasteiger partial charge >= 0.3 is 0 Å². The summed E-state index contributed by atoms with van der Waals surface area (Å²) in [6.07, 6.45) is 0.748. The van der Waals surface area contributed by atoms with Crippen molar-refractivity contribution in [1.29, 1.82) is 0 Å². The van der Waals surface area contributed by atoms with Gasteiger partial charge in [-0.2, -0.15) is 0 Å². The van der Waals surface area contributed by atoms with Crippen molar-refractivity contribution >= 4 is 39.9 Å². The molecule has 1 aliphatic heterocycles. The Hall–Kier alpha value is -0.720. The molecule has 0 saturated carbocycles. The molecule has 1 heterocycles. The van der Waals surface area contributed by atoms with Crippen LogP contribution >= 0.6 is 28.3 Å². The molecule has 2 N–H and O–H groups in total. The molecule has 3 nitrogen and oxygen atoms in total. The Morgan fingerprint density at radius 2 is 2.16 bits per heavy atom. The third kappa shape index (κ3) is 3.64. The SMILES string of the molecule is CC1NCCC1C(=O)Nc1cc(F)c(F)c(Br)c1.Cl. The molecule has 7 heteroatoms. The fourth-order valence-corrected chi connectivity index (χ4v) is 2.52. The van der Waals surface area contributed by atoms with E-state index in [0.29, 0.717) is 0 Å². The van der Waals surface area contributed by atoms with E-state index in [0.717, 1.165) is 19.0 Å². The van der Waals surface area contributed by atoms with E-state index in [2.05, 4.69) is 26.6 Å². The quantitative estimate of drug-likeness (QED) is 0.801. The molecule has 1 aromatic carbocycles. The standard InChI is InChI=1S/C12H13BrF2N2O.ClH/c1-6-8(2-3-16-6)12(18)17-7-4-9(13)11(15)10(14)5-7;/h4-6,8,16H,2-3H2,1H3,(H,17,18);1H. The molecule has 2 rings (SSSR count). The van der Waals surface area contributed by atoms with Crippen molar-refractivity contribution in [2.75, 3.05) is 11.9 Å². The number of rotatable bonds is 2. The van der Waals surface area contributed by atoms with Crippen LogP contribution in [-0.2, 0) is 4.79 Å². The minimum absolute atomic E-state index is 0. The molecule has 106 valence electrons. The number of hydrogen-bond donors (Lipinski definition) is 2. The highest BCUT2D eigenvalue weighted by Gasteiger charge is 2.29. The lowest BCUT2D eigenvalue weighted by Crippen LogP contribution is -2.32. The van der Waals surface area contributed by atoms with Gasteiger partial charge in [-0.1, -0.05) is 0 Å². The van der Waals surface area contributed by atoms with E-state index in [-0.39, 0.29) is 40.4 Å². The van der Waals surface area contributed by atoms with Crippen molar-refractivity contribution in [2.45, 2.75) is 19.4 Å². The van der Waals surface area contributed by atoms with Gasteiger partial charge in [-0.15, -0.1) is 12.4 Å². The fraction of sp³-hybridized carbons (Fsp3) is 0.417. The molecular formula is C12H14BrClF2N2O. The Morgan fingerprint density at radius 1 is 1.47 bits per heavy atom. The molecule has 0 radical (unpaired) electrons. The third-order valence-electron chi connectivity index (χ3n) is 3.11. The Morgan fingerprint density at radius 3 is 2.68 bits per heavy atom. The largest absolute Gasteiger partial charge is 0.326 e. The first-order valence-corrected chi connectivity index (χ1v) is 6.47. The molecule has 0 spiro atoms. The van der Waals surface area contributed by atoms with Crippen molar-refractivity contribution in [3.05, 3.63) is 28.2 Å². The smallest absolute Gasteiger partial charge is 0.229 e. The number of nitrogens with one attached hydrogen (secondary N) is 2. The number of amides is 1. The topological polar surface area (TPSA) is 41.1 Å².